The van der Waals surface area contributed by atoms with Crippen molar-refractivity contribution in [1.29, 1.82) is 0 Å². The second-order valence-electron chi connectivity index (χ2n) is 5.88. The fourth-order valence-corrected chi connectivity index (χ4v) is 3.19. The fraction of sp³-hybridized carbons (Fsp3) is 0.706. The highest BCUT2D eigenvalue weighted by atomic mass is 15.1. The molecular weight excluding hydrogens is 246 g/mol. The number of hydrogen-bond acceptors (Lipinski definition) is 2. The minimum Gasteiger partial charge on any atom is -0.384 e. The number of nitrogens with two attached hydrogens (primary N) is 1. The van der Waals surface area contributed by atoms with Crippen molar-refractivity contribution in [2.75, 3.05) is 5.73 Å². The van der Waals surface area contributed by atoms with Crippen LogP contribution in [0.15, 0.2) is 0 Å². The lowest BCUT2D eigenvalue weighted by Crippen LogP contribution is -2.09. The van der Waals surface area contributed by atoms with E-state index in [1.54, 1.807) is 0 Å². The molecule has 1 heterocycles. The Bertz CT molecular complexity index is 461. The Kier molecular flexibility index (Phi) is 5.52. The molecule has 0 atom stereocenters. The summed E-state index contributed by atoms with van der Waals surface area (Å²) in [6.07, 6.45) is 16.5. The molecule has 0 radical (unpaired) electrons. The Labute approximate surface area is 123 Å². The summed E-state index contributed by atoms with van der Waals surface area (Å²) in [5.74, 6) is 5.24. The lowest BCUT2D eigenvalue weighted by atomic mass is 10.1. The van der Waals surface area contributed by atoms with Gasteiger partial charge in [0.15, 0.2) is 0 Å². The number of aromatic nitrogens is 2. The largest absolute Gasteiger partial charge is 0.384 e. The van der Waals surface area contributed by atoms with Gasteiger partial charge in [0.2, 0.25) is 0 Å². The molecule has 0 aliphatic heterocycles. The third-order valence-electron chi connectivity index (χ3n) is 4.35. The molecule has 0 bridgehead atoms. The van der Waals surface area contributed by atoms with Gasteiger partial charge < -0.3 is 10.3 Å². The normalized spacial score (nSPS) is 15.6. The number of terminal acetylenes is 1. The molecule has 1 aliphatic rings. The molecule has 0 aromatic carbocycles. The predicted molar refractivity (Wildman–Crippen MR) is 84.5 cm³/mol. The Hall–Kier alpha value is -1.43. The van der Waals surface area contributed by atoms with Crippen molar-refractivity contribution in [2.24, 2.45) is 0 Å². The molecule has 3 heteroatoms. The van der Waals surface area contributed by atoms with Crippen LogP contribution in [-0.4, -0.2) is 9.55 Å². The van der Waals surface area contributed by atoms with Crippen LogP contribution in [0, 0.1) is 12.3 Å². The molecule has 20 heavy (non-hydrogen) atoms. The smallest absolute Gasteiger partial charge is 0.127 e. The summed E-state index contributed by atoms with van der Waals surface area (Å²) >= 11 is 0. The van der Waals surface area contributed by atoms with Crippen LogP contribution in [0.25, 0.3) is 0 Å². The monoisotopic (exact) mass is 273 g/mol. The summed E-state index contributed by atoms with van der Waals surface area (Å²) in [4.78, 5) is 4.85. The van der Waals surface area contributed by atoms with E-state index in [1.807, 2.05) is 0 Å². The molecule has 1 aromatic rings. The average molecular weight is 273 g/mol. The first-order valence-electron chi connectivity index (χ1n) is 8.06. The maximum Gasteiger partial charge on any atom is 0.127 e. The van der Waals surface area contributed by atoms with Crippen LogP contribution in [0.5, 0.6) is 0 Å². The fourth-order valence-electron chi connectivity index (χ4n) is 3.19. The number of nitrogen functional groups attached to an aromatic ring is 1. The van der Waals surface area contributed by atoms with Crippen molar-refractivity contribution in [3.63, 3.8) is 0 Å². The maximum atomic E-state index is 6.28. The van der Waals surface area contributed by atoms with Gasteiger partial charge in [0, 0.05) is 5.92 Å². The number of nitrogens with zero attached hydrogens (tertiary/aromatic N) is 2. The van der Waals surface area contributed by atoms with E-state index in [-0.39, 0.29) is 0 Å². The first kappa shape index (κ1) is 15.0. The van der Waals surface area contributed by atoms with Crippen LogP contribution in [-0.2, 0) is 13.0 Å². The molecule has 3 nitrogen and oxygen atoms in total. The van der Waals surface area contributed by atoms with Crippen molar-refractivity contribution in [3.8, 4) is 12.3 Å². The Morgan fingerprint density at radius 3 is 2.70 bits per heavy atom. The van der Waals surface area contributed by atoms with Crippen LogP contribution in [0.2, 0.25) is 0 Å². The Morgan fingerprint density at radius 2 is 2.05 bits per heavy atom. The highest BCUT2D eigenvalue weighted by Gasteiger charge is 2.24. The SMILES string of the molecule is C#CCn1c(C2CCCC2)nc(CCCCCC)c1N. The summed E-state index contributed by atoms with van der Waals surface area (Å²) in [7, 11) is 0. The number of unbranched alkanes of at least 4 members (excludes halogenated alkanes) is 3. The van der Waals surface area contributed by atoms with Crippen LogP contribution in [0.3, 0.4) is 0 Å². The van der Waals surface area contributed by atoms with Gasteiger partial charge in [-0.1, -0.05) is 44.9 Å². The second-order valence-corrected chi connectivity index (χ2v) is 5.88. The quantitative estimate of drug-likeness (QED) is 0.605. The van der Waals surface area contributed by atoms with Crippen molar-refractivity contribution in [3.05, 3.63) is 11.5 Å². The standard InChI is InChI=1S/C17H27N3/c1-3-5-6-7-12-15-16(18)20(13-4-2)17(19-15)14-10-8-9-11-14/h2,14H,3,5-13,18H2,1H3. The third-order valence-corrected chi connectivity index (χ3v) is 4.35. The highest BCUT2D eigenvalue weighted by molar-refractivity contribution is 5.40. The number of rotatable bonds is 7. The number of hydrogen-bond donors (Lipinski definition) is 1. The van der Waals surface area contributed by atoms with Gasteiger partial charge in [-0.05, 0) is 25.7 Å². The molecule has 2 N–H and O–H groups in total. The predicted octanol–water partition coefficient (Wildman–Crippen LogP) is 3.88. The summed E-state index contributed by atoms with van der Waals surface area (Å²) in [5.41, 5.74) is 7.35. The molecule has 1 fully saturated rings. The van der Waals surface area contributed by atoms with E-state index in [2.05, 4.69) is 17.4 Å². The lowest BCUT2D eigenvalue weighted by molar-refractivity contribution is 0.619. The van der Waals surface area contributed by atoms with Crippen molar-refractivity contribution in [1.82, 2.24) is 9.55 Å². The molecule has 0 saturated heterocycles. The Morgan fingerprint density at radius 1 is 1.30 bits per heavy atom. The van der Waals surface area contributed by atoms with Gasteiger partial charge in [0.05, 0.1) is 12.2 Å². The molecule has 0 spiro atoms. The minimum atomic E-state index is 0.555. The second kappa shape index (κ2) is 7.38. The van der Waals surface area contributed by atoms with Crippen molar-refractivity contribution >= 4 is 5.82 Å². The van der Waals surface area contributed by atoms with E-state index in [0.29, 0.717) is 12.5 Å². The first-order chi connectivity index (χ1) is 9.77. The van der Waals surface area contributed by atoms with E-state index in [4.69, 9.17) is 17.1 Å². The van der Waals surface area contributed by atoms with Gasteiger partial charge in [-0.2, -0.15) is 0 Å². The van der Waals surface area contributed by atoms with E-state index in [1.165, 1.54) is 51.4 Å². The lowest BCUT2D eigenvalue weighted by Gasteiger charge is -2.11. The van der Waals surface area contributed by atoms with Gasteiger partial charge in [-0.3, -0.25) is 0 Å². The topological polar surface area (TPSA) is 43.8 Å². The summed E-state index contributed by atoms with van der Waals surface area (Å²) in [6, 6.07) is 0. The van der Waals surface area contributed by atoms with E-state index >= 15 is 0 Å². The van der Waals surface area contributed by atoms with Gasteiger partial charge >= 0.3 is 0 Å². The molecule has 110 valence electrons. The number of anilines is 1. The molecule has 1 aliphatic carbocycles. The Balaban J connectivity index is 2.12. The molecule has 1 saturated carbocycles. The van der Waals surface area contributed by atoms with Gasteiger partial charge in [-0.15, -0.1) is 6.42 Å². The number of imidazole rings is 1. The van der Waals surface area contributed by atoms with Gasteiger partial charge in [-0.25, -0.2) is 4.98 Å². The van der Waals surface area contributed by atoms with Crippen LogP contribution in [0.1, 0.15) is 75.7 Å². The highest BCUT2D eigenvalue weighted by Crippen LogP contribution is 2.35. The summed E-state index contributed by atoms with van der Waals surface area (Å²) < 4.78 is 2.07. The van der Waals surface area contributed by atoms with Gasteiger partial charge in [0.25, 0.3) is 0 Å². The maximum absolute atomic E-state index is 6.28. The van der Waals surface area contributed by atoms with E-state index in [9.17, 15) is 0 Å². The average Bonchev–Trinajstić information content (AvgIpc) is 3.06. The molecule has 0 unspecified atom stereocenters. The third kappa shape index (κ3) is 3.36. The summed E-state index contributed by atoms with van der Waals surface area (Å²) in [5, 5.41) is 0. The minimum absolute atomic E-state index is 0.555. The zero-order valence-corrected chi connectivity index (χ0v) is 12.7. The van der Waals surface area contributed by atoms with E-state index < -0.39 is 0 Å². The van der Waals surface area contributed by atoms with Crippen molar-refractivity contribution < 1.29 is 0 Å². The molecule has 1 aromatic heterocycles. The van der Waals surface area contributed by atoms with Crippen molar-refractivity contribution in [2.45, 2.75) is 77.2 Å². The zero-order valence-electron chi connectivity index (χ0n) is 12.7. The number of aryl methyl sites for hydroxylation is 1. The van der Waals surface area contributed by atoms with Crippen LogP contribution < -0.4 is 5.73 Å². The zero-order chi connectivity index (χ0) is 14.4. The van der Waals surface area contributed by atoms with Crippen LogP contribution >= 0.6 is 0 Å². The molecular formula is C17H27N3. The first-order valence-corrected chi connectivity index (χ1v) is 8.06. The summed E-state index contributed by atoms with van der Waals surface area (Å²) in [6.45, 7) is 2.79. The van der Waals surface area contributed by atoms with E-state index in [0.717, 1.165) is 23.8 Å². The van der Waals surface area contributed by atoms with Gasteiger partial charge in [0.1, 0.15) is 11.6 Å². The molecule has 2 rings (SSSR count). The molecule has 0 amide bonds. The van der Waals surface area contributed by atoms with Crippen LogP contribution in [0.4, 0.5) is 5.82 Å².